The summed E-state index contributed by atoms with van der Waals surface area (Å²) in [7, 11) is 1.57. The molecule has 1 heterocycles. The highest BCUT2D eigenvalue weighted by atomic mass is 16.5. The van der Waals surface area contributed by atoms with E-state index in [1.165, 1.54) is 6.42 Å². The predicted octanol–water partition coefficient (Wildman–Crippen LogP) is 2.18. The number of pyridine rings is 1. The van der Waals surface area contributed by atoms with Crippen molar-refractivity contribution in [2.24, 2.45) is 11.1 Å². The molecule has 0 aromatic carbocycles. The maximum Gasteiger partial charge on any atom is 0.171 e. The molecule has 0 atom stereocenters. The summed E-state index contributed by atoms with van der Waals surface area (Å²) in [5, 5.41) is 0. The van der Waals surface area contributed by atoms with Gasteiger partial charge in [0.15, 0.2) is 5.78 Å². The number of hydrogen-bond donors (Lipinski definition) is 1. The molecule has 4 heteroatoms. The molecule has 0 spiro atoms. The molecule has 0 aliphatic heterocycles. The Morgan fingerprint density at radius 1 is 1.39 bits per heavy atom. The number of nitrogens with zero attached hydrogens (tertiary/aromatic N) is 1. The van der Waals surface area contributed by atoms with Crippen molar-refractivity contribution in [2.75, 3.05) is 13.7 Å². The standard InChI is InChI=1S/C14H20N2O2/c1-18-12-7-11(8-16-9-12)13(17)14(10-15)5-3-2-4-6-14/h7-9H,2-6,10,15H2,1H3. The van der Waals surface area contributed by atoms with Crippen molar-refractivity contribution < 1.29 is 9.53 Å². The Kier molecular flexibility index (Phi) is 3.97. The third-order valence-corrected chi connectivity index (χ3v) is 3.89. The van der Waals surface area contributed by atoms with Crippen LogP contribution in [-0.4, -0.2) is 24.4 Å². The van der Waals surface area contributed by atoms with Gasteiger partial charge in [0.05, 0.1) is 13.3 Å². The Labute approximate surface area is 108 Å². The van der Waals surface area contributed by atoms with E-state index in [2.05, 4.69) is 4.98 Å². The second-order valence-electron chi connectivity index (χ2n) is 4.99. The van der Waals surface area contributed by atoms with Gasteiger partial charge in [-0.1, -0.05) is 19.3 Å². The summed E-state index contributed by atoms with van der Waals surface area (Å²) in [5.41, 5.74) is 6.10. The molecule has 1 aromatic rings. The minimum atomic E-state index is -0.383. The van der Waals surface area contributed by atoms with Gasteiger partial charge in [-0.15, -0.1) is 0 Å². The first-order chi connectivity index (χ1) is 8.72. The fraction of sp³-hybridized carbons (Fsp3) is 0.571. The maximum absolute atomic E-state index is 12.6. The minimum Gasteiger partial charge on any atom is -0.495 e. The Morgan fingerprint density at radius 3 is 2.72 bits per heavy atom. The van der Waals surface area contributed by atoms with Crippen LogP contribution in [0.15, 0.2) is 18.5 Å². The van der Waals surface area contributed by atoms with Gasteiger partial charge in [0, 0.05) is 23.7 Å². The van der Waals surface area contributed by atoms with Crippen LogP contribution in [0, 0.1) is 5.41 Å². The number of hydrogen-bond acceptors (Lipinski definition) is 4. The number of carbonyl (C=O) groups excluding carboxylic acids is 1. The molecule has 98 valence electrons. The van der Waals surface area contributed by atoms with Crippen molar-refractivity contribution in [3.63, 3.8) is 0 Å². The third kappa shape index (κ3) is 2.38. The van der Waals surface area contributed by atoms with E-state index in [1.54, 1.807) is 25.6 Å². The van der Waals surface area contributed by atoms with Gasteiger partial charge in [-0.05, 0) is 18.9 Å². The van der Waals surface area contributed by atoms with Gasteiger partial charge in [-0.2, -0.15) is 0 Å². The summed E-state index contributed by atoms with van der Waals surface area (Å²) >= 11 is 0. The van der Waals surface area contributed by atoms with Crippen LogP contribution in [0.5, 0.6) is 5.75 Å². The minimum absolute atomic E-state index is 0.121. The Balaban J connectivity index is 2.27. The van der Waals surface area contributed by atoms with Crippen molar-refractivity contribution in [1.82, 2.24) is 4.98 Å². The SMILES string of the molecule is COc1cncc(C(=O)C2(CN)CCCCC2)c1. The number of nitrogens with two attached hydrogens (primary N) is 1. The molecule has 4 nitrogen and oxygen atoms in total. The quantitative estimate of drug-likeness (QED) is 0.829. The topological polar surface area (TPSA) is 65.2 Å². The zero-order valence-corrected chi connectivity index (χ0v) is 10.8. The van der Waals surface area contributed by atoms with E-state index in [-0.39, 0.29) is 11.2 Å². The van der Waals surface area contributed by atoms with Crippen LogP contribution < -0.4 is 10.5 Å². The number of carbonyl (C=O) groups is 1. The predicted molar refractivity (Wildman–Crippen MR) is 69.7 cm³/mol. The van der Waals surface area contributed by atoms with Crippen LogP contribution in [0.4, 0.5) is 0 Å². The summed E-state index contributed by atoms with van der Waals surface area (Å²) in [5.74, 6) is 0.736. The highest BCUT2D eigenvalue weighted by molar-refractivity contribution is 6.00. The van der Waals surface area contributed by atoms with E-state index in [9.17, 15) is 4.79 Å². The van der Waals surface area contributed by atoms with Gasteiger partial charge >= 0.3 is 0 Å². The smallest absolute Gasteiger partial charge is 0.171 e. The Morgan fingerprint density at radius 2 is 2.11 bits per heavy atom. The Bertz CT molecular complexity index is 426. The maximum atomic E-state index is 12.6. The lowest BCUT2D eigenvalue weighted by molar-refractivity contribution is 0.0728. The summed E-state index contributed by atoms with van der Waals surface area (Å²) in [6.45, 7) is 0.420. The molecule has 1 fully saturated rings. The Hall–Kier alpha value is -1.42. The van der Waals surface area contributed by atoms with Crippen LogP contribution >= 0.6 is 0 Å². The molecular formula is C14H20N2O2. The van der Waals surface area contributed by atoms with Crippen molar-refractivity contribution in [3.05, 3.63) is 24.0 Å². The van der Waals surface area contributed by atoms with Gasteiger partial charge < -0.3 is 10.5 Å². The summed E-state index contributed by atoms with van der Waals surface area (Å²) in [6.07, 6.45) is 8.36. The highest BCUT2D eigenvalue weighted by Crippen LogP contribution is 2.38. The monoisotopic (exact) mass is 248 g/mol. The molecule has 2 rings (SSSR count). The zero-order valence-electron chi connectivity index (χ0n) is 10.8. The lowest BCUT2D eigenvalue weighted by Crippen LogP contribution is -2.40. The van der Waals surface area contributed by atoms with Crippen molar-refractivity contribution in [2.45, 2.75) is 32.1 Å². The highest BCUT2D eigenvalue weighted by Gasteiger charge is 2.38. The number of ketones is 1. The molecule has 0 bridgehead atoms. The molecular weight excluding hydrogens is 228 g/mol. The number of rotatable bonds is 4. The first-order valence-electron chi connectivity index (χ1n) is 6.46. The first-order valence-corrected chi connectivity index (χ1v) is 6.46. The number of methoxy groups -OCH3 is 1. The van der Waals surface area contributed by atoms with Gasteiger partial charge in [0.2, 0.25) is 0 Å². The molecule has 2 N–H and O–H groups in total. The van der Waals surface area contributed by atoms with Gasteiger partial charge in [0.25, 0.3) is 0 Å². The molecule has 0 radical (unpaired) electrons. The average Bonchev–Trinajstić information content (AvgIpc) is 2.47. The van der Waals surface area contributed by atoms with E-state index in [4.69, 9.17) is 10.5 Å². The van der Waals surface area contributed by atoms with Crippen LogP contribution in [0.25, 0.3) is 0 Å². The summed E-state index contributed by atoms with van der Waals surface area (Å²) in [4.78, 5) is 16.7. The summed E-state index contributed by atoms with van der Waals surface area (Å²) in [6, 6.07) is 1.75. The second kappa shape index (κ2) is 5.48. The van der Waals surface area contributed by atoms with E-state index in [1.807, 2.05) is 0 Å². The number of Topliss-reactive ketones (excluding diaryl/α,β-unsaturated/α-hetero) is 1. The van der Waals surface area contributed by atoms with Crippen molar-refractivity contribution in [3.8, 4) is 5.75 Å². The largest absolute Gasteiger partial charge is 0.495 e. The van der Waals surface area contributed by atoms with E-state index in [0.717, 1.165) is 25.7 Å². The molecule has 1 aliphatic rings. The number of aromatic nitrogens is 1. The normalized spacial score (nSPS) is 18.3. The van der Waals surface area contributed by atoms with Gasteiger partial charge in [-0.3, -0.25) is 9.78 Å². The van der Waals surface area contributed by atoms with E-state index >= 15 is 0 Å². The van der Waals surface area contributed by atoms with Crippen LogP contribution in [0.2, 0.25) is 0 Å². The third-order valence-electron chi connectivity index (χ3n) is 3.89. The zero-order chi connectivity index (χ0) is 13.0. The van der Waals surface area contributed by atoms with Crippen LogP contribution in [0.3, 0.4) is 0 Å². The van der Waals surface area contributed by atoms with Gasteiger partial charge in [0.1, 0.15) is 5.75 Å². The van der Waals surface area contributed by atoms with E-state index in [0.29, 0.717) is 17.9 Å². The van der Waals surface area contributed by atoms with E-state index < -0.39 is 0 Å². The second-order valence-corrected chi connectivity index (χ2v) is 4.99. The molecule has 1 aliphatic carbocycles. The molecule has 1 saturated carbocycles. The lowest BCUT2D eigenvalue weighted by atomic mass is 9.69. The van der Waals surface area contributed by atoms with Crippen LogP contribution in [-0.2, 0) is 0 Å². The fourth-order valence-electron chi connectivity index (χ4n) is 2.71. The fourth-order valence-corrected chi connectivity index (χ4v) is 2.71. The molecule has 1 aromatic heterocycles. The lowest BCUT2D eigenvalue weighted by Gasteiger charge is -2.34. The average molecular weight is 248 g/mol. The summed E-state index contributed by atoms with van der Waals surface area (Å²) < 4.78 is 5.11. The molecule has 18 heavy (non-hydrogen) atoms. The molecule has 0 unspecified atom stereocenters. The molecule has 0 saturated heterocycles. The van der Waals surface area contributed by atoms with Crippen LogP contribution in [0.1, 0.15) is 42.5 Å². The number of ether oxygens (including phenoxy) is 1. The van der Waals surface area contributed by atoms with Crippen molar-refractivity contribution >= 4 is 5.78 Å². The van der Waals surface area contributed by atoms with Gasteiger partial charge in [-0.25, -0.2) is 0 Å². The van der Waals surface area contributed by atoms with Crippen molar-refractivity contribution in [1.29, 1.82) is 0 Å². The molecule has 0 amide bonds. The first kappa shape index (κ1) is 13.0.